The summed E-state index contributed by atoms with van der Waals surface area (Å²) in [4.78, 5) is 11.9. The van der Waals surface area contributed by atoms with Gasteiger partial charge in [-0.3, -0.25) is 0 Å². The van der Waals surface area contributed by atoms with Crippen molar-refractivity contribution in [2.75, 3.05) is 12.4 Å². The molecular formula is C16H15Br2N3O2. The number of ether oxygens (including phenoxy) is 1. The average molecular weight is 441 g/mol. The van der Waals surface area contributed by atoms with Gasteiger partial charge in [0.25, 0.3) is 0 Å². The first-order valence-corrected chi connectivity index (χ1v) is 8.28. The van der Waals surface area contributed by atoms with E-state index in [1.165, 1.54) is 6.21 Å². The number of amides is 2. The molecule has 0 spiro atoms. The van der Waals surface area contributed by atoms with E-state index in [9.17, 15) is 4.79 Å². The summed E-state index contributed by atoms with van der Waals surface area (Å²) in [5.41, 5.74) is 4.87. The fourth-order valence-electron chi connectivity index (χ4n) is 1.92. The number of nitrogens with one attached hydrogen (secondary N) is 2. The third kappa shape index (κ3) is 4.80. The third-order valence-corrected chi connectivity index (χ3v) is 4.05. The number of methoxy groups -OCH3 is 1. The van der Waals surface area contributed by atoms with E-state index in [1.54, 1.807) is 7.11 Å². The highest BCUT2D eigenvalue weighted by atomic mass is 79.9. The normalized spacial score (nSPS) is 10.6. The Hall–Kier alpha value is -1.86. The van der Waals surface area contributed by atoms with Gasteiger partial charge in [0, 0.05) is 15.7 Å². The van der Waals surface area contributed by atoms with Crippen LogP contribution in [0, 0.1) is 6.92 Å². The fourth-order valence-corrected chi connectivity index (χ4v) is 3.34. The molecule has 120 valence electrons. The predicted octanol–water partition coefficient (Wildman–Crippen LogP) is 4.68. The average Bonchev–Trinajstić information content (AvgIpc) is 2.49. The van der Waals surface area contributed by atoms with Crippen LogP contribution in [0.3, 0.4) is 0 Å². The number of benzene rings is 2. The first kappa shape index (κ1) is 17.5. The number of carbonyl (C=O) groups is 1. The molecule has 0 aromatic heterocycles. The van der Waals surface area contributed by atoms with Crippen LogP contribution in [-0.2, 0) is 0 Å². The van der Waals surface area contributed by atoms with Crippen molar-refractivity contribution >= 4 is 49.8 Å². The Labute approximate surface area is 151 Å². The number of hydrogen-bond donors (Lipinski definition) is 2. The second-order valence-electron chi connectivity index (χ2n) is 4.65. The zero-order valence-electron chi connectivity index (χ0n) is 12.6. The predicted molar refractivity (Wildman–Crippen MR) is 99.3 cm³/mol. The topological polar surface area (TPSA) is 62.7 Å². The van der Waals surface area contributed by atoms with Gasteiger partial charge in [0.05, 0.1) is 17.8 Å². The second-order valence-corrected chi connectivity index (χ2v) is 6.42. The van der Waals surface area contributed by atoms with E-state index in [-0.39, 0.29) is 0 Å². The largest absolute Gasteiger partial charge is 0.495 e. The van der Waals surface area contributed by atoms with Gasteiger partial charge < -0.3 is 10.1 Å². The minimum Gasteiger partial charge on any atom is -0.495 e. The van der Waals surface area contributed by atoms with Crippen molar-refractivity contribution in [2.45, 2.75) is 6.92 Å². The van der Waals surface area contributed by atoms with Crippen molar-refractivity contribution in [3.05, 3.63) is 56.5 Å². The van der Waals surface area contributed by atoms with Crippen LogP contribution < -0.4 is 15.5 Å². The van der Waals surface area contributed by atoms with Crippen LogP contribution in [-0.4, -0.2) is 19.4 Å². The Morgan fingerprint density at radius 1 is 1.26 bits per heavy atom. The van der Waals surface area contributed by atoms with Gasteiger partial charge in [-0.2, -0.15) is 5.10 Å². The molecule has 2 N–H and O–H groups in total. The maximum Gasteiger partial charge on any atom is 0.339 e. The molecule has 2 aromatic carbocycles. The summed E-state index contributed by atoms with van der Waals surface area (Å²) < 4.78 is 6.98. The molecule has 0 saturated carbocycles. The Bertz CT molecular complexity index is 748. The molecule has 2 rings (SSSR count). The van der Waals surface area contributed by atoms with Crippen molar-refractivity contribution in [3.63, 3.8) is 0 Å². The zero-order valence-corrected chi connectivity index (χ0v) is 15.7. The summed E-state index contributed by atoms with van der Waals surface area (Å²) in [5.74, 6) is 0.637. The second kappa shape index (κ2) is 8.12. The van der Waals surface area contributed by atoms with Gasteiger partial charge in [0.2, 0.25) is 0 Å². The van der Waals surface area contributed by atoms with E-state index in [1.807, 2.05) is 43.3 Å². The van der Waals surface area contributed by atoms with Gasteiger partial charge in [-0.05, 0) is 46.6 Å². The highest BCUT2D eigenvalue weighted by molar-refractivity contribution is 9.11. The molecule has 7 heteroatoms. The highest BCUT2D eigenvalue weighted by Gasteiger charge is 2.08. The molecule has 0 unspecified atom stereocenters. The lowest BCUT2D eigenvalue weighted by atomic mass is 10.2. The zero-order chi connectivity index (χ0) is 16.8. The first-order valence-electron chi connectivity index (χ1n) is 6.70. The van der Waals surface area contributed by atoms with Crippen molar-refractivity contribution in [3.8, 4) is 5.75 Å². The molecule has 23 heavy (non-hydrogen) atoms. The molecule has 0 aliphatic carbocycles. The highest BCUT2D eigenvalue weighted by Crippen LogP contribution is 2.31. The molecule has 5 nitrogen and oxygen atoms in total. The van der Waals surface area contributed by atoms with Crippen LogP contribution in [0.15, 0.2) is 50.4 Å². The minimum atomic E-state index is -0.413. The van der Waals surface area contributed by atoms with Crippen molar-refractivity contribution < 1.29 is 9.53 Å². The summed E-state index contributed by atoms with van der Waals surface area (Å²) in [7, 11) is 1.57. The fraction of sp³-hybridized carbons (Fsp3) is 0.125. The lowest BCUT2D eigenvalue weighted by molar-refractivity contribution is 0.252. The Kier molecular flexibility index (Phi) is 6.18. The Morgan fingerprint density at radius 3 is 2.70 bits per heavy atom. The Balaban J connectivity index is 2.05. The summed E-state index contributed by atoms with van der Waals surface area (Å²) in [6.07, 6.45) is 1.52. The molecule has 0 radical (unpaired) electrons. The van der Waals surface area contributed by atoms with Crippen LogP contribution in [0.2, 0.25) is 0 Å². The number of rotatable bonds is 4. The number of para-hydroxylation sites is 1. The van der Waals surface area contributed by atoms with E-state index < -0.39 is 6.03 Å². The van der Waals surface area contributed by atoms with Gasteiger partial charge in [-0.15, -0.1) is 0 Å². The monoisotopic (exact) mass is 439 g/mol. The van der Waals surface area contributed by atoms with Gasteiger partial charge in [-0.1, -0.05) is 34.1 Å². The van der Waals surface area contributed by atoms with Gasteiger partial charge in [-0.25, -0.2) is 10.2 Å². The maximum atomic E-state index is 11.9. The molecule has 0 heterocycles. The number of halogens is 2. The molecule has 2 amide bonds. The van der Waals surface area contributed by atoms with Crippen LogP contribution in [0.1, 0.15) is 11.1 Å². The van der Waals surface area contributed by atoms with Crippen molar-refractivity contribution in [1.29, 1.82) is 0 Å². The number of carbonyl (C=O) groups excluding carboxylic acids is 1. The summed E-state index contributed by atoms with van der Waals surface area (Å²) in [5, 5.41) is 6.68. The van der Waals surface area contributed by atoms with Crippen LogP contribution in [0.5, 0.6) is 5.75 Å². The molecule has 0 saturated heterocycles. The van der Waals surface area contributed by atoms with Gasteiger partial charge in [0.15, 0.2) is 0 Å². The van der Waals surface area contributed by atoms with E-state index in [0.717, 1.165) is 25.8 Å². The summed E-state index contributed by atoms with van der Waals surface area (Å²) in [6.45, 7) is 1.92. The smallest absolute Gasteiger partial charge is 0.339 e. The molecular weight excluding hydrogens is 426 g/mol. The first-order chi connectivity index (χ1) is 11.0. The standard InChI is InChI=1S/C16H15Br2N3O2/c1-10-5-3-4-6-14(10)20-16(22)21-19-9-11-7-12(17)8-13(18)15(11)23-2/h3-9H,1-2H3,(H2,20,21,22)/b19-9-. The van der Waals surface area contributed by atoms with E-state index in [4.69, 9.17) is 4.74 Å². The lowest BCUT2D eigenvalue weighted by Crippen LogP contribution is -2.24. The number of hydrogen-bond acceptors (Lipinski definition) is 3. The third-order valence-electron chi connectivity index (χ3n) is 3.00. The van der Waals surface area contributed by atoms with Crippen LogP contribution in [0.25, 0.3) is 0 Å². The lowest BCUT2D eigenvalue weighted by Gasteiger charge is -2.08. The maximum absolute atomic E-state index is 11.9. The molecule has 0 aliphatic rings. The molecule has 0 aliphatic heterocycles. The molecule has 0 atom stereocenters. The number of hydrazone groups is 1. The Morgan fingerprint density at radius 2 is 2.00 bits per heavy atom. The summed E-state index contributed by atoms with van der Waals surface area (Å²) in [6, 6.07) is 10.8. The molecule has 0 bridgehead atoms. The quantitative estimate of drug-likeness (QED) is 0.535. The SMILES string of the molecule is COc1c(Br)cc(Br)cc1/C=N\NC(=O)Nc1ccccc1C. The number of nitrogens with zero attached hydrogens (tertiary/aromatic N) is 1. The van der Waals surface area contributed by atoms with E-state index >= 15 is 0 Å². The number of urea groups is 1. The van der Waals surface area contributed by atoms with Crippen LogP contribution in [0.4, 0.5) is 10.5 Å². The summed E-state index contributed by atoms with van der Waals surface area (Å²) >= 11 is 6.82. The molecule has 0 fully saturated rings. The van der Waals surface area contributed by atoms with Gasteiger partial charge >= 0.3 is 6.03 Å². The number of anilines is 1. The molecule has 2 aromatic rings. The van der Waals surface area contributed by atoms with Crippen molar-refractivity contribution in [2.24, 2.45) is 5.10 Å². The minimum absolute atomic E-state index is 0.413. The van der Waals surface area contributed by atoms with Crippen LogP contribution >= 0.6 is 31.9 Å². The number of aryl methyl sites for hydroxylation is 1. The van der Waals surface area contributed by atoms with E-state index in [2.05, 4.69) is 47.7 Å². The van der Waals surface area contributed by atoms with Gasteiger partial charge in [0.1, 0.15) is 5.75 Å². The van der Waals surface area contributed by atoms with Crippen molar-refractivity contribution in [1.82, 2.24) is 5.43 Å². The van der Waals surface area contributed by atoms with E-state index in [0.29, 0.717) is 5.75 Å².